The van der Waals surface area contributed by atoms with Gasteiger partial charge < -0.3 is 14.6 Å². The molecule has 0 aromatic heterocycles. The number of benzene rings is 2. The Labute approximate surface area is 191 Å². The van der Waals surface area contributed by atoms with Gasteiger partial charge in [0.25, 0.3) is 0 Å². The summed E-state index contributed by atoms with van der Waals surface area (Å²) in [5.74, 6) is 1.06. The van der Waals surface area contributed by atoms with Gasteiger partial charge in [-0.1, -0.05) is 62.5 Å². The number of hydrogen-bond acceptors (Lipinski definition) is 4. The van der Waals surface area contributed by atoms with Crippen LogP contribution in [0.5, 0.6) is 11.5 Å². The van der Waals surface area contributed by atoms with Crippen LogP contribution in [0.15, 0.2) is 47.6 Å². The van der Waals surface area contributed by atoms with Gasteiger partial charge in [-0.15, -0.1) is 0 Å². The third-order valence-corrected chi connectivity index (χ3v) is 5.89. The van der Waals surface area contributed by atoms with Crippen LogP contribution in [0.2, 0.25) is 10.0 Å². The highest BCUT2D eigenvalue weighted by molar-refractivity contribution is 7.87. The quantitative estimate of drug-likeness (QED) is 0.311. The summed E-state index contributed by atoms with van der Waals surface area (Å²) in [5, 5.41) is 11.9. The van der Waals surface area contributed by atoms with Crippen LogP contribution in [0.1, 0.15) is 44.7 Å². The van der Waals surface area contributed by atoms with E-state index in [0.717, 1.165) is 24.0 Å². The molecule has 0 bridgehead atoms. The van der Waals surface area contributed by atoms with E-state index in [4.69, 9.17) is 32.7 Å². The van der Waals surface area contributed by atoms with Crippen LogP contribution < -0.4 is 9.47 Å². The molecule has 0 aliphatic heterocycles. The summed E-state index contributed by atoms with van der Waals surface area (Å²) < 4.78 is 22.4. The van der Waals surface area contributed by atoms with Crippen LogP contribution in [0.4, 0.5) is 0 Å². The number of aliphatic hydroxyl groups excluding tert-OH is 1. The van der Waals surface area contributed by atoms with Crippen molar-refractivity contribution in [3.63, 3.8) is 0 Å². The molecule has 164 valence electrons. The molecule has 2 aromatic rings. The van der Waals surface area contributed by atoms with E-state index < -0.39 is 10.8 Å². The van der Waals surface area contributed by atoms with Gasteiger partial charge in [0.05, 0.1) is 16.7 Å². The van der Waals surface area contributed by atoms with Gasteiger partial charge in [0.15, 0.2) is 5.75 Å². The lowest BCUT2D eigenvalue weighted by molar-refractivity contribution is 0.271. The first-order valence-electron chi connectivity index (χ1n) is 9.72. The van der Waals surface area contributed by atoms with E-state index >= 15 is 0 Å². The zero-order valence-corrected chi connectivity index (χ0v) is 20.0. The summed E-state index contributed by atoms with van der Waals surface area (Å²) in [4.78, 5) is 0. The van der Waals surface area contributed by atoms with Crippen LogP contribution in [0.25, 0.3) is 0 Å². The summed E-state index contributed by atoms with van der Waals surface area (Å²) in [5.41, 5.74) is 1.67. The number of halogens is 2. The molecule has 0 heterocycles. The van der Waals surface area contributed by atoms with Crippen molar-refractivity contribution in [1.82, 2.24) is 0 Å². The summed E-state index contributed by atoms with van der Waals surface area (Å²) in [6.07, 6.45) is 3.46. The van der Waals surface area contributed by atoms with E-state index in [2.05, 4.69) is 20.8 Å². The van der Waals surface area contributed by atoms with Crippen molar-refractivity contribution in [2.24, 2.45) is 0 Å². The maximum Gasteiger partial charge on any atom is 0.156 e. The molecule has 0 amide bonds. The SMILES string of the molecule is CCCCOc1c(Cl)cc(C(C)(C)c2ccc(OC/C(O)=C/S(C)=O)cc2)cc1Cl. The Hall–Kier alpha value is -1.69. The van der Waals surface area contributed by atoms with Crippen molar-refractivity contribution in [3.8, 4) is 11.5 Å². The fourth-order valence-corrected chi connectivity index (χ4v) is 3.94. The molecule has 0 aliphatic carbocycles. The lowest BCUT2D eigenvalue weighted by Crippen LogP contribution is -2.19. The summed E-state index contributed by atoms with van der Waals surface area (Å²) >= 11 is 12.9. The van der Waals surface area contributed by atoms with Gasteiger partial charge in [0.2, 0.25) is 0 Å². The normalized spacial score (nSPS) is 13.2. The average molecular weight is 471 g/mol. The highest BCUT2D eigenvalue weighted by Gasteiger charge is 2.25. The minimum absolute atomic E-state index is 0.0347. The third kappa shape index (κ3) is 6.66. The van der Waals surface area contributed by atoms with E-state index in [1.54, 1.807) is 0 Å². The number of rotatable bonds is 10. The minimum atomic E-state index is -1.22. The van der Waals surface area contributed by atoms with Gasteiger partial charge in [0, 0.05) is 27.9 Å². The molecule has 1 unspecified atom stereocenters. The second-order valence-corrected chi connectivity index (χ2v) is 9.56. The van der Waals surface area contributed by atoms with Crippen LogP contribution in [0.3, 0.4) is 0 Å². The Balaban J connectivity index is 2.17. The van der Waals surface area contributed by atoms with Crippen molar-refractivity contribution in [2.45, 2.75) is 39.0 Å². The summed E-state index contributed by atoms with van der Waals surface area (Å²) in [7, 11) is -1.22. The van der Waals surface area contributed by atoms with E-state index in [1.807, 2.05) is 36.4 Å². The highest BCUT2D eigenvalue weighted by Crippen LogP contribution is 2.40. The highest BCUT2D eigenvalue weighted by atomic mass is 35.5. The molecule has 1 N–H and O–H groups in total. The number of unbranched alkanes of at least 4 members (excludes halogenated alkanes) is 1. The van der Waals surface area contributed by atoms with Crippen LogP contribution in [-0.4, -0.2) is 28.8 Å². The predicted octanol–water partition coefficient (Wildman–Crippen LogP) is 6.65. The fourth-order valence-electron chi connectivity index (χ4n) is 2.89. The van der Waals surface area contributed by atoms with E-state index in [9.17, 15) is 9.32 Å². The predicted molar refractivity (Wildman–Crippen MR) is 126 cm³/mol. The molecule has 30 heavy (non-hydrogen) atoms. The van der Waals surface area contributed by atoms with Crippen molar-refractivity contribution in [3.05, 3.63) is 68.7 Å². The Morgan fingerprint density at radius 3 is 2.23 bits per heavy atom. The maximum absolute atomic E-state index is 11.1. The van der Waals surface area contributed by atoms with Crippen LogP contribution >= 0.6 is 23.2 Å². The van der Waals surface area contributed by atoms with Crippen molar-refractivity contribution >= 4 is 34.0 Å². The molecule has 0 radical (unpaired) electrons. The molecule has 0 fully saturated rings. The standard InChI is InChI=1S/C23H28Cl2O4S/c1-5-6-11-28-22-20(24)12-17(13-21(22)25)23(2,3)16-7-9-19(10-8-16)29-14-18(26)15-30(4)27/h7-10,12-13,15,26H,5-6,11,14H2,1-4H3/b18-15-. The smallest absolute Gasteiger partial charge is 0.156 e. The number of ether oxygens (including phenoxy) is 2. The number of aliphatic hydroxyl groups is 1. The Bertz CT molecular complexity index is 885. The van der Waals surface area contributed by atoms with E-state index in [-0.39, 0.29) is 17.8 Å². The van der Waals surface area contributed by atoms with Gasteiger partial charge in [-0.3, -0.25) is 4.21 Å². The summed E-state index contributed by atoms with van der Waals surface area (Å²) in [6.45, 7) is 6.83. The fraction of sp³-hybridized carbons (Fsp3) is 0.391. The molecule has 4 nitrogen and oxygen atoms in total. The van der Waals surface area contributed by atoms with Crippen LogP contribution in [-0.2, 0) is 16.2 Å². The lowest BCUT2D eigenvalue weighted by atomic mass is 9.78. The van der Waals surface area contributed by atoms with Gasteiger partial charge in [-0.2, -0.15) is 0 Å². The first-order valence-corrected chi connectivity index (χ1v) is 12.1. The molecule has 0 aliphatic rings. The molecule has 2 aromatic carbocycles. The molecule has 0 saturated carbocycles. The molecule has 2 rings (SSSR count). The number of hydrogen-bond donors (Lipinski definition) is 1. The van der Waals surface area contributed by atoms with Crippen LogP contribution in [0, 0.1) is 0 Å². The van der Waals surface area contributed by atoms with Crippen molar-refractivity contribution in [1.29, 1.82) is 0 Å². The minimum Gasteiger partial charge on any atom is -0.508 e. The first kappa shape index (κ1) is 24.6. The van der Waals surface area contributed by atoms with Crippen molar-refractivity contribution < 1.29 is 18.8 Å². The Kier molecular flexibility index (Phi) is 9.08. The molecule has 0 spiro atoms. The Morgan fingerprint density at radius 2 is 1.70 bits per heavy atom. The zero-order chi connectivity index (χ0) is 22.3. The third-order valence-electron chi connectivity index (χ3n) is 4.73. The Morgan fingerprint density at radius 1 is 1.10 bits per heavy atom. The molecule has 1 atom stereocenters. The molecular formula is C23H28Cl2O4S. The largest absolute Gasteiger partial charge is 0.508 e. The van der Waals surface area contributed by atoms with E-state index in [1.165, 1.54) is 11.7 Å². The monoisotopic (exact) mass is 470 g/mol. The van der Waals surface area contributed by atoms with E-state index in [0.29, 0.717) is 28.2 Å². The summed E-state index contributed by atoms with van der Waals surface area (Å²) in [6, 6.07) is 11.4. The van der Waals surface area contributed by atoms with Gasteiger partial charge in [0.1, 0.15) is 18.1 Å². The van der Waals surface area contributed by atoms with Gasteiger partial charge >= 0.3 is 0 Å². The van der Waals surface area contributed by atoms with Crippen molar-refractivity contribution in [2.75, 3.05) is 19.5 Å². The topological polar surface area (TPSA) is 55.8 Å². The first-order chi connectivity index (χ1) is 14.1. The zero-order valence-electron chi connectivity index (χ0n) is 17.7. The molecule has 0 saturated heterocycles. The second-order valence-electron chi connectivity index (χ2n) is 7.52. The molecular weight excluding hydrogens is 443 g/mol. The average Bonchev–Trinajstić information content (AvgIpc) is 2.68. The second kappa shape index (κ2) is 11.1. The lowest BCUT2D eigenvalue weighted by Gasteiger charge is -2.27. The maximum atomic E-state index is 11.1. The molecule has 7 heteroatoms. The van der Waals surface area contributed by atoms with Gasteiger partial charge in [-0.05, 0) is 41.8 Å². The van der Waals surface area contributed by atoms with Gasteiger partial charge in [-0.25, -0.2) is 0 Å².